The highest BCUT2D eigenvalue weighted by atomic mass is 16.7. The Balaban J connectivity index is 1.50. The molecule has 1 aromatic carbocycles. The number of benzene rings is 1. The lowest BCUT2D eigenvalue weighted by molar-refractivity contribution is -0.349. The molecule has 0 aliphatic carbocycles. The van der Waals surface area contributed by atoms with E-state index in [9.17, 15) is 35.4 Å². The zero-order valence-corrected chi connectivity index (χ0v) is 18.4. The molecule has 12 nitrogen and oxygen atoms in total. The van der Waals surface area contributed by atoms with Crippen LogP contribution in [0.5, 0.6) is 5.75 Å². The lowest BCUT2D eigenvalue weighted by atomic mass is 9.97. The number of ether oxygens (including phenoxy) is 4. The molecule has 4 rings (SSSR count). The molecule has 2 aromatic rings. The maximum absolute atomic E-state index is 11.7. The van der Waals surface area contributed by atoms with Crippen molar-refractivity contribution in [3.8, 4) is 5.75 Å². The van der Waals surface area contributed by atoms with Crippen molar-refractivity contribution in [3.63, 3.8) is 0 Å². The molecule has 2 aliphatic rings. The van der Waals surface area contributed by atoms with Crippen LogP contribution in [0.25, 0.3) is 11.0 Å². The normalized spacial score (nSPS) is 38.7. The topological polar surface area (TPSA) is 189 Å². The van der Waals surface area contributed by atoms with Gasteiger partial charge in [0.1, 0.15) is 54.1 Å². The third kappa shape index (κ3) is 4.69. The van der Waals surface area contributed by atoms with Crippen molar-refractivity contribution in [2.75, 3.05) is 6.61 Å². The Morgan fingerprint density at radius 2 is 1.62 bits per heavy atom. The first kappa shape index (κ1) is 25.0. The fraction of sp³-hybridized carbons (Fsp3) is 0.591. The highest BCUT2D eigenvalue weighted by Gasteiger charge is 2.50. The standard InChI is InChI=1S/C22H28O12/c1-8-5-14(24)32-12-6-10(3-4-11(8)12)31-22-19(29)17(27)20(13(7-23)33-22)34-21-18(28)16(26)15(25)9(2)30-21/h3-6,9,13,15-23,25-29H,7H2,1-2H3/t9-,13+,15+,16+,17+,18-,19+,20-,21?,22+/m0/s1. The number of hydrogen-bond donors (Lipinski definition) is 6. The van der Waals surface area contributed by atoms with Crippen molar-refractivity contribution < 1.29 is 54.0 Å². The number of fused-ring (bicyclic) bond motifs is 1. The maximum Gasteiger partial charge on any atom is 0.336 e. The van der Waals surface area contributed by atoms with Crippen molar-refractivity contribution in [2.45, 2.75) is 75.3 Å². The number of aryl methyl sites for hydroxylation is 1. The molecule has 1 aromatic heterocycles. The molecular weight excluding hydrogens is 456 g/mol. The van der Waals surface area contributed by atoms with E-state index in [0.717, 1.165) is 0 Å². The zero-order chi connectivity index (χ0) is 24.7. The number of aliphatic hydroxyl groups is 6. The fourth-order valence-electron chi connectivity index (χ4n) is 4.11. The Labute approximate surface area is 193 Å². The largest absolute Gasteiger partial charge is 0.462 e. The van der Waals surface area contributed by atoms with Gasteiger partial charge in [-0.3, -0.25) is 0 Å². The van der Waals surface area contributed by atoms with Gasteiger partial charge in [0.05, 0.1) is 12.7 Å². The van der Waals surface area contributed by atoms with Gasteiger partial charge >= 0.3 is 5.63 Å². The zero-order valence-electron chi connectivity index (χ0n) is 18.4. The first-order valence-electron chi connectivity index (χ1n) is 10.8. The molecule has 2 aliphatic heterocycles. The molecular formula is C22H28O12. The van der Waals surface area contributed by atoms with Gasteiger partial charge in [-0.1, -0.05) is 0 Å². The van der Waals surface area contributed by atoms with E-state index in [1.165, 1.54) is 19.1 Å². The maximum atomic E-state index is 11.7. The van der Waals surface area contributed by atoms with Crippen LogP contribution in [-0.2, 0) is 14.2 Å². The third-order valence-electron chi connectivity index (χ3n) is 6.10. The summed E-state index contributed by atoms with van der Waals surface area (Å²) < 4.78 is 27.3. The minimum Gasteiger partial charge on any atom is -0.462 e. The average Bonchev–Trinajstić information content (AvgIpc) is 2.80. The van der Waals surface area contributed by atoms with Gasteiger partial charge in [-0.05, 0) is 31.5 Å². The summed E-state index contributed by atoms with van der Waals surface area (Å²) in [6.07, 6.45) is -14.2. The molecule has 1 unspecified atom stereocenters. The molecule has 0 saturated carbocycles. The Morgan fingerprint density at radius 1 is 0.912 bits per heavy atom. The van der Waals surface area contributed by atoms with Gasteiger partial charge in [0, 0.05) is 17.5 Å². The Bertz CT molecular complexity index is 1050. The molecule has 12 heteroatoms. The highest BCUT2D eigenvalue weighted by Crippen LogP contribution is 2.31. The van der Waals surface area contributed by atoms with E-state index >= 15 is 0 Å². The Morgan fingerprint density at radius 3 is 2.32 bits per heavy atom. The predicted octanol–water partition coefficient (Wildman–Crippen LogP) is -1.87. The molecule has 188 valence electrons. The lowest BCUT2D eigenvalue weighted by Crippen LogP contribution is -2.64. The van der Waals surface area contributed by atoms with Crippen LogP contribution < -0.4 is 10.4 Å². The van der Waals surface area contributed by atoms with Crippen molar-refractivity contribution in [1.29, 1.82) is 0 Å². The summed E-state index contributed by atoms with van der Waals surface area (Å²) in [5.41, 5.74) is 0.430. The monoisotopic (exact) mass is 484 g/mol. The van der Waals surface area contributed by atoms with Gasteiger partial charge in [0.15, 0.2) is 6.29 Å². The molecule has 2 saturated heterocycles. The first-order chi connectivity index (χ1) is 16.1. The van der Waals surface area contributed by atoms with Crippen molar-refractivity contribution in [2.24, 2.45) is 0 Å². The summed E-state index contributed by atoms with van der Waals surface area (Å²) in [5, 5.41) is 61.7. The van der Waals surface area contributed by atoms with E-state index in [1.807, 2.05) is 0 Å². The van der Waals surface area contributed by atoms with Crippen molar-refractivity contribution in [1.82, 2.24) is 0 Å². The summed E-state index contributed by atoms with van der Waals surface area (Å²) in [4.78, 5) is 11.7. The summed E-state index contributed by atoms with van der Waals surface area (Å²) in [7, 11) is 0. The molecule has 0 amide bonds. The summed E-state index contributed by atoms with van der Waals surface area (Å²) in [6, 6.07) is 6.01. The van der Waals surface area contributed by atoms with Gasteiger partial charge in [-0.2, -0.15) is 0 Å². The molecule has 0 radical (unpaired) electrons. The van der Waals surface area contributed by atoms with Crippen LogP contribution in [0.1, 0.15) is 12.5 Å². The van der Waals surface area contributed by atoms with Crippen molar-refractivity contribution in [3.05, 3.63) is 40.2 Å². The van der Waals surface area contributed by atoms with Crippen LogP contribution in [0.3, 0.4) is 0 Å². The Kier molecular flexibility index (Phi) is 7.24. The molecule has 0 bridgehead atoms. The second-order valence-electron chi connectivity index (χ2n) is 8.51. The van der Waals surface area contributed by atoms with E-state index in [2.05, 4.69) is 0 Å². The van der Waals surface area contributed by atoms with E-state index < -0.39 is 73.6 Å². The van der Waals surface area contributed by atoms with Crippen LogP contribution in [-0.4, -0.2) is 98.7 Å². The third-order valence-corrected chi connectivity index (χ3v) is 6.10. The Hall–Kier alpha value is -2.13. The summed E-state index contributed by atoms with van der Waals surface area (Å²) >= 11 is 0. The van der Waals surface area contributed by atoms with E-state index in [1.54, 1.807) is 19.1 Å². The molecule has 34 heavy (non-hydrogen) atoms. The molecule has 2 fully saturated rings. The molecule has 3 heterocycles. The summed E-state index contributed by atoms with van der Waals surface area (Å²) in [6.45, 7) is 2.56. The van der Waals surface area contributed by atoms with Crippen LogP contribution in [0.2, 0.25) is 0 Å². The number of rotatable bonds is 5. The minimum atomic E-state index is -1.65. The van der Waals surface area contributed by atoms with Crippen molar-refractivity contribution >= 4 is 11.0 Å². The average molecular weight is 484 g/mol. The molecule has 10 atom stereocenters. The number of hydrogen-bond acceptors (Lipinski definition) is 12. The second kappa shape index (κ2) is 9.85. The summed E-state index contributed by atoms with van der Waals surface area (Å²) in [5.74, 6) is 0.172. The fourth-order valence-corrected chi connectivity index (χ4v) is 4.11. The van der Waals surface area contributed by atoms with Gasteiger partial charge in [-0.15, -0.1) is 0 Å². The first-order valence-corrected chi connectivity index (χ1v) is 10.8. The lowest BCUT2D eigenvalue weighted by Gasteiger charge is -2.45. The predicted molar refractivity (Wildman–Crippen MR) is 113 cm³/mol. The smallest absolute Gasteiger partial charge is 0.336 e. The minimum absolute atomic E-state index is 0.172. The van der Waals surface area contributed by atoms with Crippen LogP contribution in [0, 0.1) is 6.92 Å². The van der Waals surface area contributed by atoms with E-state index in [4.69, 9.17) is 23.4 Å². The molecule has 6 N–H and O–H groups in total. The second-order valence-corrected chi connectivity index (χ2v) is 8.51. The van der Waals surface area contributed by atoms with E-state index in [-0.39, 0.29) is 11.3 Å². The number of aliphatic hydroxyl groups excluding tert-OH is 6. The van der Waals surface area contributed by atoms with Gasteiger partial charge in [-0.25, -0.2) is 4.79 Å². The van der Waals surface area contributed by atoms with Crippen LogP contribution >= 0.6 is 0 Å². The quantitative estimate of drug-likeness (QED) is 0.260. The SMILES string of the molecule is Cc1cc(=O)oc2cc(O[C@@H]3O[C@H](CO)[C@H](OC4O[C@@H](C)[C@@H](O)[C@@H](O)[C@@H]4O)[C@H](O)[C@H]3O)ccc12. The van der Waals surface area contributed by atoms with Gasteiger partial charge in [0.2, 0.25) is 6.29 Å². The van der Waals surface area contributed by atoms with Gasteiger partial charge in [0.25, 0.3) is 0 Å². The molecule has 0 spiro atoms. The van der Waals surface area contributed by atoms with E-state index in [0.29, 0.717) is 10.9 Å². The van der Waals surface area contributed by atoms with Gasteiger partial charge < -0.3 is 54.0 Å². The van der Waals surface area contributed by atoms with Crippen LogP contribution in [0.4, 0.5) is 0 Å². The highest BCUT2D eigenvalue weighted by molar-refractivity contribution is 5.81. The van der Waals surface area contributed by atoms with Crippen LogP contribution in [0.15, 0.2) is 33.5 Å².